The Morgan fingerprint density at radius 3 is 1.54 bits per heavy atom. The molecule has 2 heterocycles. The Morgan fingerprint density at radius 2 is 1.12 bits per heavy atom. The van der Waals surface area contributed by atoms with Crippen molar-refractivity contribution in [2.75, 3.05) is 0 Å². The lowest BCUT2D eigenvalue weighted by Crippen LogP contribution is -2.36. The molecule has 0 aromatic carbocycles. The highest BCUT2D eigenvalue weighted by atomic mass is 14.9. The van der Waals surface area contributed by atoms with Gasteiger partial charge in [-0.3, -0.25) is 0 Å². The summed E-state index contributed by atoms with van der Waals surface area (Å²) in [6, 6.07) is 8.89. The Labute approximate surface area is 148 Å². The van der Waals surface area contributed by atoms with Crippen LogP contribution in [0.5, 0.6) is 0 Å². The molecule has 2 nitrogen and oxygen atoms in total. The number of unbranched alkanes of at least 4 members (excludes halogenated alkanes) is 3. The molecule has 2 aromatic rings. The average molecular weight is 327 g/mol. The average Bonchev–Trinajstić information content (AvgIpc) is 2.62. The van der Waals surface area contributed by atoms with Crippen molar-refractivity contribution in [3.05, 3.63) is 60.2 Å². The van der Waals surface area contributed by atoms with E-state index in [9.17, 15) is 0 Å². The Bertz CT molecular complexity index is 539. The molecule has 0 aliphatic carbocycles. The maximum absolute atomic E-state index is 2.35. The van der Waals surface area contributed by atoms with Crippen LogP contribution in [0, 0.1) is 0 Å². The maximum Gasteiger partial charge on any atom is 0.171 e. The van der Waals surface area contributed by atoms with Crippen LogP contribution < -0.4 is 9.13 Å². The van der Waals surface area contributed by atoms with Crippen molar-refractivity contribution in [1.29, 1.82) is 0 Å². The molecule has 130 valence electrons. The normalized spacial score (nSPS) is 10.9. The van der Waals surface area contributed by atoms with Crippen molar-refractivity contribution in [2.45, 2.75) is 78.3 Å². The fourth-order valence-corrected chi connectivity index (χ4v) is 3.08. The first-order chi connectivity index (χ1) is 11.8. The zero-order valence-corrected chi connectivity index (χ0v) is 15.6. The van der Waals surface area contributed by atoms with Crippen LogP contribution in [0.2, 0.25) is 0 Å². The van der Waals surface area contributed by atoms with Crippen molar-refractivity contribution >= 4 is 0 Å². The number of nitrogens with zero attached hydrogens (tertiary/aromatic N) is 2. The molecule has 2 rings (SSSR count). The molecule has 0 bridgehead atoms. The van der Waals surface area contributed by atoms with Crippen molar-refractivity contribution in [1.82, 2.24) is 0 Å². The molecule has 24 heavy (non-hydrogen) atoms. The molecule has 0 spiro atoms. The van der Waals surface area contributed by atoms with Crippen molar-refractivity contribution < 1.29 is 9.13 Å². The molecule has 0 saturated heterocycles. The molecule has 0 N–H and O–H groups in total. The zero-order valence-electron chi connectivity index (χ0n) is 15.6. The molecule has 0 amide bonds. The lowest BCUT2D eigenvalue weighted by molar-refractivity contribution is -0.708. The van der Waals surface area contributed by atoms with E-state index in [2.05, 4.69) is 72.0 Å². The van der Waals surface area contributed by atoms with Gasteiger partial charge in [-0.15, -0.1) is 0 Å². The number of pyridine rings is 2. The largest absolute Gasteiger partial charge is 0.205 e. The van der Waals surface area contributed by atoms with Crippen LogP contribution in [0.15, 0.2) is 49.1 Å². The van der Waals surface area contributed by atoms with Gasteiger partial charge < -0.3 is 0 Å². The van der Waals surface area contributed by atoms with Crippen LogP contribution in [0.4, 0.5) is 0 Å². The number of aromatic nitrogens is 2. The molecule has 0 aliphatic rings. The molecule has 0 fully saturated rings. The van der Waals surface area contributed by atoms with E-state index in [0.717, 1.165) is 13.1 Å². The van der Waals surface area contributed by atoms with Gasteiger partial charge in [-0.25, -0.2) is 9.13 Å². The van der Waals surface area contributed by atoms with Crippen molar-refractivity contribution in [2.24, 2.45) is 0 Å². The highest BCUT2D eigenvalue weighted by molar-refractivity contribution is 5.05. The molecule has 0 unspecified atom stereocenters. The standard InChI is InChI=1S/C22H34N2/c1-3-5-11-21-13-9-17-23(19-21)15-7-8-16-24-18-10-14-22(20-24)12-6-4-2/h9-10,13-14,17-20H,3-8,11-12,15-16H2,1-2H3/q+2. The van der Waals surface area contributed by atoms with Gasteiger partial charge >= 0.3 is 0 Å². The monoisotopic (exact) mass is 326 g/mol. The third-order valence-corrected chi connectivity index (χ3v) is 4.56. The van der Waals surface area contributed by atoms with E-state index in [0.29, 0.717) is 0 Å². The van der Waals surface area contributed by atoms with E-state index in [1.165, 1.54) is 62.5 Å². The molecular formula is C22H34N2+2. The molecular weight excluding hydrogens is 292 g/mol. The lowest BCUT2D eigenvalue weighted by atomic mass is 10.1. The van der Waals surface area contributed by atoms with Gasteiger partial charge in [-0.2, -0.15) is 0 Å². The highest BCUT2D eigenvalue weighted by Crippen LogP contribution is 2.03. The van der Waals surface area contributed by atoms with Crippen LogP contribution in [0.1, 0.15) is 63.5 Å². The van der Waals surface area contributed by atoms with Crippen LogP contribution >= 0.6 is 0 Å². The van der Waals surface area contributed by atoms with Gasteiger partial charge in [0, 0.05) is 36.1 Å². The molecule has 0 atom stereocenters. The molecule has 0 aliphatic heterocycles. The number of hydrogen-bond donors (Lipinski definition) is 0. The van der Waals surface area contributed by atoms with Gasteiger partial charge in [0.25, 0.3) is 0 Å². The minimum absolute atomic E-state index is 1.12. The molecule has 2 heteroatoms. The second-order valence-electron chi connectivity index (χ2n) is 6.81. The first-order valence-corrected chi connectivity index (χ1v) is 9.77. The third kappa shape index (κ3) is 6.82. The fraction of sp³-hybridized carbons (Fsp3) is 0.545. The summed E-state index contributed by atoms with van der Waals surface area (Å²) < 4.78 is 4.71. The summed E-state index contributed by atoms with van der Waals surface area (Å²) in [4.78, 5) is 0. The molecule has 2 aromatic heterocycles. The van der Waals surface area contributed by atoms with Gasteiger partial charge in [0.2, 0.25) is 0 Å². The van der Waals surface area contributed by atoms with E-state index < -0.39 is 0 Å². The Balaban J connectivity index is 1.74. The number of aryl methyl sites for hydroxylation is 4. The summed E-state index contributed by atoms with van der Waals surface area (Å²) in [7, 11) is 0. The minimum atomic E-state index is 1.12. The third-order valence-electron chi connectivity index (χ3n) is 4.56. The highest BCUT2D eigenvalue weighted by Gasteiger charge is 2.06. The quantitative estimate of drug-likeness (QED) is 0.426. The van der Waals surface area contributed by atoms with Crippen LogP contribution in [0.3, 0.4) is 0 Å². The van der Waals surface area contributed by atoms with E-state index >= 15 is 0 Å². The topological polar surface area (TPSA) is 7.76 Å². The first kappa shape index (κ1) is 18.6. The van der Waals surface area contributed by atoms with E-state index in [4.69, 9.17) is 0 Å². The summed E-state index contributed by atoms with van der Waals surface area (Å²) in [5.41, 5.74) is 2.94. The van der Waals surface area contributed by atoms with Crippen molar-refractivity contribution in [3.8, 4) is 0 Å². The van der Waals surface area contributed by atoms with Gasteiger partial charge in [-0.1, -0.05) is 26.7 Å². The van der Waals surface area contributed by atoms with E-state index in [1.54, 1.807) is 0 Å². The summed E-state index contributed by atoms with van der Waals surface area (Å²) in [6.07, 6.45) is 19.0. The smallest absolute Gasteiger partial charge is 0.171 e. The Hall–Kier alpha value is -1.70. The van der Waals surface area contributed by atoms with Crippen molar-refractivity contribution in [3.63, 3.8) is 0 Å². The summed E-state index contributed by atoms with van der Waals surface area (Å²) in [5, 5.41) is 0. The first-order valence-electron chi connectivity index (χ1n) is 9.77. The Morgan fingerprint density at radius 1 is 0.667 bits per heavy atom. The lowest BCUT2D eigenvalue weighted by Gasteiger charge is -2.02. The van der Waals surface area contributed by atoms with Gasteiger partial charge in [0.05, 0.1) is 0 Å². The summed E-state index contributed by atoms with van der Waals surface area (Å²) >= 11 is 0. The second-order valence-corrected chi connectivity index (χ2v) is 6.81. The molecule has 0 radical (unpaired) electrons. The zero-order chi connectivity index (χ0) is 17.0. The number of rotatable bonds is 11. The fourth-order valence-electron chi connectivity index (χ4n) is 3.08. The summed E-state index contributed by atoms with van der Waals surface area (Å²) in [5.74, 6) is 0. The van der Waals surface area contributed by atoms with E-state index in [1.807, 2.05) is 0 Å². The maximum atomic E-state index is 2.35. The van der Waals surface area contributed by atoms with Gasteiger partial charge in [-0.05, 0) is 37.8 Å². The second kappa shape index (κ2) is 11.0. The van der Waals surface area contributed by atoms with Crippen LogP contribution in [-0.4, -0.2) is 0 Å². The predicted octanol–water partition coefficient (Wildman–Crippen LogP) is 4.43. The SMILES string of the molecule is CCCCc1ccc[n+](CCCC[n+]2cccc(CCCC)c2)c1. The van der Waals surface area contributed by atoms with E-state index in [-0.39, 0.29) is 0 Å². The molecule has 0 saturated carbocycles. The van der Waals surface area contributed by atoms with Gasteiger partial charge in [0.1, 0.15) is 13.1 Å². The van der Waals surface area contributed by atoms with Crippen LogP contribution in [0.25, 0.3) is 0 Å². The minimum Gasteiger partial charge on any atom is -0.205 e. The number of hydrogen-bond acceptors (Lipinski definition) is 0. The van der Waals surface area contributed by atoms with Crippen LogP contribution in [-0.2, 0) is 25.9 Å². The van der Waals surface area contributed by atoms with Gasteiger partial charge in [0.15, 0.2) is 24.8 Å². The predicted molar refractivity (Wildman–Crippen MR) is 99.7 cm³/mol. The Kier molecular flexibility index (Phi) is 8.51. The summed E-state index contributed by atoms with van der Waals surface area (Å²) in [6.45, 7) is 6.75.